The molecule has 0 unspecified atom stereocenters. The summed E-state index contributed by atoms with van der Waals surface area (Å²) in [6, 6.07) is 3.40. The van der Waals surface area contributed by atoms with Gasteiger partial charge in [-0.15, -0.1) is 0 Å². The van der Waals surface area contributed by atoms with Gasteiger partial charge in [-0.2, -0.15) is 0 Å². The Morgan fingerprint density at radius 3 is 2.73 bits per heavy atom. The molecule has 2 rings (SSSR count). The molecule has 5 heteroatoms. The molecule has 0 saturated heterocycles. The fourth-order valence-corrected chi connectivity index (χ4v) is 2.22. The highest BCUT2D eigenvalue weighted by molar-refractivity contribution is 9.10. The summed E-state index contributed by atoms with van der Waals surface area (Å²) in [5.41, 5.74) is 0.586. The molecule has 0 aliphatic rings. The molecule has 0 bridgehead atoms. The minimum atomic E-state index is -0.407. The van der Waals surface area contributed by atoms with Crippen molar-refractivity contribution in [3.8, 4) is 5.75 Å². The molecule has 0 N–H and O–H groups in total. The average molecular weight is 335 g/mol. The molecule has 0 atom stereocenters. The number of halogens is 3. The Morgan fingerprint density at radius 1 is 1.33 bits per heavy atom. The van der Waals surface area contributed by atoms with Crippen molar-refractivity contribution >= 4 is 42.8 Å². The van der Waals surface area contributed by atoms with Crippen molar-refractivity contribution in [3.63, 3.8) is 0 Å². The lowest BCUT2D eigenvalue weighted by Gasteiger charge is -2.07. The lowest BCUT2D eigenvalue weighted by molar-refractivity contribution is 0.386. The van der Waals surface area contributed by atoms with E-state index in [-0.39, 0.29) is 5.75 Å². The normalized spacial score (nSPS) is 10.7. The highest BCUT2D eigenvalue weighted by atomic mass is 79.9. The molecule has 0 amide bonds. The molecule has 15 heavy (non-hydrogen) atoms. The van der Waals surface area contributed by atoms with Crippen molar-refractivity contribution in [2.45, 2.75) is 0 Å². The van der Waals surface area contributed by atoms with Crippen LogP contribution in [-0.2, 0) is 0 Å². The monoisotopic (exact) mass is 333 g/mol. The summed E-state index contributed by atoms with van der Waals surface area (Å²) < 4.78 is 20.1. The molecule has 2 aromatic rings. The van der Waals surface area contributed by atoms with Gasteiger partial charge in [0.2, 0.25) is 0 Å². The quantitative estimate of drug-likeness (QED) is 0.789. The molecule has 1 aromatic heterocycles. The number of methoxy groups -OCH3 is 1. The molecule has 2 nitrogen and oxygen atoms in total. The van der Waals surface area contributed by atoms with Crippen molar-refractivity contribution in [1.82, 2.24) is 4.98 Å². The van der Waals surface area contributed by atoms with Crippen LogP contribution in [0.1, 0.15) is 0 Å². The van der Waals surface area contributed by atoms with Gasteiger partial charge in [0.1, 0.15) is 0 Å². The van der Waals surface area contributed by atoms with Crippen molar-refractivity contribution in [2.24, 2.45) is 0 Å². The third-order valence-electron chi connectivity index (χ3n) is 2.01. The minimum absolute atomic E-state index is 0.197. The first-order chi connectivity index (χ1) is 7.13. The number of aromatic nitrogens is 1. The lowest BCUT2D eigenvalue weighted by Crippen LogP contribution is -1.92. The van der Waals surface area contributed by atoms with Crippen molar-refractivity contribution in [2.75, 3.05) is 7.11 Å². The zero-order valence-corrected chi connectivity index (χ0v) is 10.9. The van der Waals surface area contributed by atoms with Gasteiger partial charge in [0.25, 0.3) is 0 Å². The number of fused-ring (bicyclic) bond motifs is 1. The summed E-state index contributed by atoms with van der Waals surface area (Å²) in [7, 11) is 1.43. The number of rotatable bonds is 1. The summed E-state index contributed by atoms with van der Waals surface area (Å²) >= 11 is 6.48. The minimum Gasteiger partial charge on any atom is -0.492 e. The zero-order chi connectivity index (χ0) is 11.0. The number of ether oxygens (including phenoxy) is 1. The first-order valence-corrected chi connectivity index (χ1v) is 5.69. The predicted molar refractivity (Wildman–Crippen MR) is 63.7 cm³/mol. The topological polar surface area (TPSA) is 22.1 Å². The van der Waals surface area contributed by atoms with Gasteiger partial charge in [-0.1, -0.05) is 0 Å². The van der Waals surface area contributed by atoms with E-state index in [9.17, 15) is 4.39 Å². The van der Waals surface area contributed by atoms with Crippen LogP contribution in [0, 0.1) is 5.82 Å². The first-order valence-electron chi connectivity index (χ1n) is 4.10. The Balaban J connectivity index is 2.86. The smallest absolute Gasteiger partial charge is 0.175 e. The molecule has 0 saturated carbocycles. The third kappa shape index (κ3) is 1.86. The standard InChI is InChI=1S/C10H6Br2FNO/c1-15-10-7(12)3-8-6(9(10)13)2-5(11)4-14-8/h2-4H,1H3. The molecule has 0 spiro atoms. The van der Waals surface area contributed by atoms with E-state index >= 15 is 0 Å². The van der Waals surface area contributed by atoms with Crippen LogP contribution in [-0.4, -0.2) is 12.1 Å². The van der Waals surface area contributed by atoms with Crippen LogP contribution in [0.5, 0.6) is 5.75 Å². The number of nitrogens with zero attached hydrogens (tertiary/aromatic N) is 1. The Labute approximate surface area is 103 Å². The largest absolute Gasteiger partial charge is 0.492 e. The second-order valence-corrected chi connectivity index (χ2v) is 4.70. The molecule has 78 valence electrons. The maximum absolute atomic E-state index is 13.9. The van der Waals surface area contributed by atoms with E-state index in [1.165, 1.54) is 7.11 Å². The lowest BCUT2D eigenvalue weighted by atomic mass is 10.2. The van der Waals surface area contributed by atoms with E-state index in [0.717, 1.165) is 4.47 Å². The van der Waals surface area contributed by atoms with E-state index in [1.807, 2.05) is 0 Å². The summed E-state index contributed by atoms with van der Waals surface area (Å²) in [6.07, 6.45) is 1.63. The molecule has 0 radical (unpaired) electrons. The maximum Gasteiger partial charge on any atom is 0.175 e. The van der Waals surface area contributed by atoms with Crippen LogP contribution in [0.25, 0.3) is 10.9 Å². The Kier molecular flexibility index (Phi) is 2.93. The average Bonchev–Trinajstić information content (AvgIpc) is 2.20. The van der Waals surface area contributed by atoms with Gasteiger partial charge < -0.3 is 4.74 Å². The zero-order valence-electron chi connectivity index (χ0n) is 7.72. The van der Waals surface area contributed by atoms with Crippen molar-refractivity contribution < 1.29 is 9.13 Å². The SMILES string of the molecule is COc1c(Br)cc2ncc(Br)cc2c1F. The van der Waals surface area contributed by atoms with Crippen LogP contribution in [0.4, 0.5) is 4.39 Å². The number of pyridine rings is 1. The Morgan fingerprint density at radius 2 is 2.07 bits per heavy atom. The van der Waals surface area contributed by atoms with Gasteiger partial charge >= 0.3 is 0 Å². The summed E-state index contributed by atoms with van der Waals surface area (Å²) in [5, 5.41) is 0.435. The van der Waals surface area contributed by atoms with Crippen molar-refractivity contribution in [3.05, 3.63) is 33.1 Å². The molecule has 1 aromatic carbocycles. The van der Waals surface area contributed by atoms with Crippen LogP contribution in [0.15, 0.2) is 27.3 Å². The highest BCUT2D eigenvalue weighted by Gasteiger charge is 2.13. The van der Waals surface area contributed by atoms with Gasteiger partial charge in [-0.25, -0.2) is 4.39 Å². The highest BCUT2D eigenvalue weighted by Crippen LogP contribution is 2.34. The molecule has 0 aliphatic heterocycles. The fourth-order valence-electron chi connectivity index (χ4n) is 1.34. The van der Waals surface area contributed by atoms with E-state index in [4.69, 9.17) is 4.74 Å². The van der Waals surface area contributed by atoms with Crippen LogP contribution < -0.4 is 4.74 Å². The van der Waals surface area contributed by atoms with Crippen LogP contribution in [0.3, 0.4) is 0 Å². The molecule has 0 fully saturated rings. The second kappa shape index (κ2) is 4.06. The van der Waals surface area contributed by atoms with Gasteiger partial charge in [0.15, 0.2) is 11.6 Å². The maximum atomic E-state index is 13.9. The van der Waals surface area contributed by atoms with Gasteiger partial charge in [0.05, 0.1) is 17.1 Å². The second-order valence-electron chi connectivity index (χ2n) is 2.93. The predicted octanol–water partition coefficient (Wildman–Crippen LogP) is 3.91. The summed E-state index contributed by atoms with van der Waals surface area (Å²) in [4.78, 5) is 4.11. The summed E-state index contributed by atoms with van der Waals surface area (Å²) in [5.74, 6) is -0.210. The fraction of sp³-hybridized carbons (Fsp3) is 0.100. The number of benzene rings is 1. The van der Waals surface area contributed by atoms with E-state index in [0.29, 0.717) is 15.4 Å². The van der Waals surface area contributed by atoms with Crippen LogP contribution >= 0.6 is 31.9 Å². The third-order valence-corrected chi connectivity index (χ3v) is 3.03. The summed E-state index contributed by atoms with van der Waals surface area (Å²) in [6.45, 7) is 0. The van der Waals surface area contributed by atoms with Gasteiger partial charge in [-0.3, -0.25) is 4.98 Å². The molecular weight excluding hydrogens is 329 g/mol. The van der Waals surface area contributed by atoms with Crippen molar-refractivity contribution in [1.29, 1.82) is 0 Å². The Hall–Kier alpha value is -0.680. The van der Waals surface area contributed by atoms with E-state index in [2.05, 4.69) is 36.8 Å². The Bertz CT molecular complexity index is 530. The molecule has 0 aliphatic carbocycles. The number of hydrogen-bond acceptors (Lipinski definition) is 2. The molecular formula is C10H6Br2FNO. The van der Waals surface area contributed by atoms with Gasteiger partial charge in [-0.05, 0) is 44.0 Å². The van der Waals surface area contributed by atoms with Crippen LogP contribution in [0.2, 0.25) is 0 Å². The van der Waals surface area contributed by atoms with E-state index in [1.54, 1.807) is 18.3 Å². The van der Waals surface area contributed by atoms with Gasteiger partial charge in [0, 0.05) is 16.1 Å². The number of hydrogen-bond donors (Lipinski definition) is 0. The first kappa shape index (κ1) is 10.8. The molecule has 1 heterocycles. The van der Waals surface area contributed by atoms with E-state index < -0.39 is 5.82 Å².